The molecule has 0 amide bonds. The molecular weight excluding hydrogens is 232 g/mol. The average Bonchev–Trinajstić information content (AvgIpc) is 2.36. The van der Waals surface area contributed by atoms with E-state index in [2.05, 4.69) is 0 Å². The summed E-state index contributed by atoms with van der Waals surface area (Å²) in [6.07, 6.45) is 8.40. The Morgan fingerprint density at radius 1 is 1.28 bits per heavy atom. The molecule has 4 nitrogen and oxygen atoms in total. The maximum Gasteiger partial charge on any atom is 0.311 e. The van der Waals surface area contributed by atoms with Crippen molar-refractivity contribution in [1.82, 2.24) is 0 Å². The number of aliphatic carboxylic acids is 1. The van der Waals surface area contributed by atoms with Gasteiger partial charge >= 0.3 is 5.97 Å². The van der Waals surface area contributed by atoms with Crippen LogP contribution < -0.4 is 0 Å². The van der Waals surface area contributed by atoms with Crippen LogP contribution in [0.2, 0.25) is 0 Å². The third-order valence-electron chi connectivity index (χ3n) is 3.47. The Balaban J connectivity index is 1.99. The van der Waals surface area contributed by atoms with Gasteiger partial charge in [-0.1, -0.05) is 12.2 Å². The maximum absolute atomic E-state index is 11.8. The first-order valence-corrected chi connectivity index (χ1v) is 5.90. The van der Waals surface area contributed by atoms with E-state index >= 15 is 0 Å². The minimum absolute atomic E-state index is 0.0257. The topological polar surface area (TPSA) is 63.6 Å². The molecule has 1 N–H and O–H groups in total. The van der Waals surface area contributed by atoms with Crippen LogP contribution in [0.3, 0.4) is 0 Å². The molecule has 1 atom stereocenters. The monoisotopic (exact) mass is 244 g/mol. The Kier molecular flexibility index (Phi) is 2.44. The zero-order valence-corrected chi connectivity index (χ0v) is 9.68. The molecule has 0 radical (unpaired) electrons. The second kappa shape index (κ2) is 3.98. The SMILES string of the molecule is O=C1CC=CC2=C1CC1=C(C=CCC1C(=O)O)O2. The molecule has 18 heavy (non-hydrogen) atoms. The van der Waals surface area contributed by atoms with Gasteiger partial charge in [0.2, 0.25) is 0 Å². The second-order valence-corrected chi connectivity index (χ2v) is 4.57. The van der Waals surface area contributed by atoms with Crippen LogP contribution in [0, 0.1) is 5.92 Å². The van der Waals surface area contributed by atoms with Gasteiger partial charge in [0.15, 0.2) is 5.78 Å². The van der Waals surface area contributed by atoms with E-state index in [0.29, 0.717) is 41.9 Å². The first kappa shape index (κ1) is 11.0. The van der Waals surface area contributed by atoms with Crippen LogP contribution in [0.1, 0.15) is 19.3 Å². The van der Waals surface area contributed by atoms with Gasteiger partial charge in [0.25, 0.3) is 0 Å². The van der Waals surface area contributed by atoms with E-state index in [1.165, 1.54) is 0 Å². The van der Waals surface area contributed by atoms with Crippen LogP contribution in [0.4, 0.5) is 0 Å². The quantitative estimate of drug-likeness (QED) is 0.767. The molecule has 0 spiro atoms. The van der Waals surface area contributed by atoms with E-state index < -0.39 is 11.9 Å². The Bertz CT molecular complexity index is 560. The Hall–Kier alpha value is -2.10. The number of rotatable bonds is 1. The highest BCUT2D eigenvalue weighted by molar-refractivity contribution is 5.99. The van der Waals surface area contributed by atoms with Gasteiger partial charge in [-0.3, -0.25) is 9.59 Å². The summed E-state index contributed by atoms with van der Waals surface area (Å²) in [6, 6.07) is 0. The number of ether oxygens (including phenoxy) is 1. The first-order chi connectivity index (χ1) is 8.66. The summed E-state index contributed by atoms with van der Waals surface area (Å²) in [7, 11) is 0. The molecule has 0 fully saturated rings. The van der Waals surface area contributed by atoms with Crippen molar-refractivity contribution in [3.63, 3.8) is 0 Å². The van der Waals surface area contributed by atoms with Gasteiger partial charge in [-0.15, -0.1) is 0 Å². The van der Waals surface area contributed by atoms with Crippen LogP contribution in [-0.4, -0.2) is 16.9 Å². The number of Topliss-reactive ketones (excluding diaryl/α,β-unsaturated/α-hetero) is 1. The maximum atomic E-state index is 11.8. The second-order valence-electron chi connectivity index (χ2n) is 4.57. The molecule has 4 heteroatoms. The highest BCUT2D eigenvalue weighted by Gasteiger charge is 2.34. The first-order valence-electron chi connectivity index (χ1n) is 5.90. The molecule has 0 aromatic carbocycles. The van der Waals surface area contributed by atoms with E-state index in [4.69, 9.17) is 4.74 Å². The minimum Gasteiger partial charge on any atom is -0.481 e. The molecule has 0 bridgehead atoms. The minimum atomic E-state index is -0.863. The molecule has 0 saturated carbocycles. The number of carboxylic acid groups (broad SMARTS) is 1. The molecule has 1 heterocycles. The van der Waals surface area contributed by atoms with Crippen molar-refractivity contribution in [1.29, 1.82) is 0 Å². The highest BCUT2D eigenvalue weighted by atomic mass is 16.5. The van der Waals surface area contributed by atoms with Crippen molar-refractivity contribution in [2.75, 3.05) is 0 Å². The number of carboxylic acids is 1. The van der Waals surface area contributed by atoms with Crippen LogP contribution in [-0.2, 0) is 14.3 Å². The van der Waals surface area contributed by atoms with E-state index in [1.54, 1.807) is 24.3 Å². The summed E-state index contributed by atoms with van der Waals surface area (Å²) in [4.78, 5) is 23.0. The zero-order chi connectivity index (χ0) is 12.7. The molecule has 2 aliphatic carbocycles. The Labute approximate surface area is 104 Å². The van der Waals surface area contributed by atoms with Crippen LogP contribution in [0.25, 0.3) is 0 Å². The normalized spacial score (nSPS) is 25.8. The predicted molar refractivity (Wildman–Crippen MR) is 63.4 cm³/mol. The van der Waals surface area contributed by atoms with Gasteiger partial charge in [-0.05, 0) is 24.1 Å². The molecule has 1 unspecified atom stereocenters. The van der Waals surface area contributed by atoms with Gasteiger partial charge in [0.1, 0.15) is 11.5 Å². The fraction of sp³-hybridized carbons (Fsp3) is 0.286. The largest absolute Gasteiger partial charge is 0.481 e. The molecule has 3 aliphatic rings. The average molecular weight is 244 g/mol. The summed E-state index contributed by atoms with van der Waals surface area (Å²) < 4.78 is 5.65. The van der Waals surface area contributed by atoms with Gasteiger partial charge in [0.05, 0.1) is 5.92 Å². The van der Waals surface area contributed by atoms with Crippen molar-refractivity contribution in [3.05, 3.63) is 47.0 Å². The number of carbonyl (C=O) groups is 2. The lowest BCUT2D eigenvalue weighted by Gasteiger charge is -2.29. The third kappa shape index (κ3) is 1.61. The summed E-state index contributed by atoms with van der Waals surface area (Å²) in [5.74, 6) is -0.249. The van der Waals surface area contributed by atoms with Gasteiger partial charge in [-0.25, -0.2) is 0 Å². The van der Waals surface area contributed by atoms with Gasteiger partial charge in [-0.2, -0.15) is 0 Å². The number of allylic oxidation sites excluding steroid dienone is 5. The molecule has 0 aromatic rings. The van der Waals surface area contributed by atoms with Crippen molar-refractivity contribution < 1.29 is 19.4 Å². The van der Waals surface area contributed by atoms with Gasteiger partial charge < -0.3 is 9.84 Å². The third-order valence-corrected chi connectivity index (χ3v) is 3.47. The van der Waals surface area contributed by atoms with Crippen molar-refractivity contribution in [2.24, 2.45) is 5.92 Å². The molecule has 3 rings (SSSR count). The van der Waals surface area contributed by atoms with Crippen molar-refractivity contribution >= 4 is 11.8 Å². The highest BCUT2D eigenvalue weighted by Crippen LogP contribution is 2.39. The van der Waals surface area contributed by atoms with Crippen molar-refractivity contribution in [3.8, 4) is 0 Å². The number of ketones is 1. The lowest BCUT2D eigenvalue weighted by molar-refractivity contribution is -0.140. The van der Waals surface area contributed by atoms with E-state index in [1.807, 2.05) is 0 Å². The van der Waals surface area contributed by atoms with Crippen molar-refractivity contribution in [2.45, 2.75) is 19.3 Å². The number of carbonyl (C=O) groups excluding carboxylic acids is 1. The summed E-state index contributed by atoms with van der Waals surface area (Å²) >= 11 is 0. The van der Waals surface area contributed by atoms with Crippen LogP contribution in [0.5, 0.6) is 0 Å². The number of hydrogen-bond donors (Lipinski definition) is 1. The van der Waals surface area contributed by atoms with E-state index in [0.717, 1.165) is 0 Å². The molecule has 0 aromatic heterocycles. The van der Waals surface area contributed by atoms with Crippen LogP contribution in [0.15, 0.2) is 47.0 Å². The van der Waals surface area contributed by atoms with E-state index in [-0.39, 0.29) is 5.78 Å². The smallest absolute Gasteiger partial charge is 0.311 e. The molecular formula is C14H12O4. The Morgan fingerprint density at radius 3 is 2.83 bits per heavy atom. The van der Waals surface area contributed by atoms with Gasteiger partial charge in [0, 0.05) is 18.4 Å². The summed E-state index contributed by atoms with van der Waals surface area (Å²) in [6.45, 7) is 0. The molecule has 92 valence electrons. The summed E-state index contributed by atoms with van der Waals surface area (Å²) in [5.41, 5.74) is 1.32. The molecule has 1 aliphatic heterocycles. The number of hydrogen-bond acceptors (Lipinski definition) is 3. The van der Waals surface area contributed by atoms with Crippen LogP contribution >= 0.6 is 0 Å². The Morgan fingerprint density at radius 2 is 2.06 bits per heavy atom. The lowest BCUT2D eigenvalue weighted by atomic mass is 9.82. The van der Waals surface area contributed by atoms with E-state index in [9.17, 15) is 14.7 Å². The zero-order valence-electron chi connectivity index (χ0n) is 9.68. The fourth-order valence-corrected chi connectivity index (χ4v) is 2.52. The molecule has 0 saturated heterocycles. The standard InChI is InChI=1S/C14H12O4/c15-11-4-2-6-13-10(11)7-9-8(14(16)17)3-1-5-12(9)18-13/h1-2,5-6,8H,3-4,7H2,(H,16,17). The lowest BCUT2D eigenvalue weighted by Crippen LogP contribution is -2.25. The summed E-state index contributed by atoms with van der Waals surface area (Å²) in [5, 5.41) is 9.20. The predicted octanol–water partition coefficient (Wildman–Crippen LogP) is 2.10. The fourth-order valence-electron chi connectivity index (χ4n) is 2.52.